The molecule has 1 aliphatic rings. The molecule has 1 atom stereocenters. The molecule has 2 heteroatoms. The number of allylic oxidation sites excluding steroid dienone is 2. The molecule has 0 aliphatic heterocycles. The second-order valence-electron chi connectivity index (χ2n) is 3.03. The van der Waals surface area contributed by atoms with Crippen molar-refractivity contribution in [2.24, 2.45) is 0 Å². The lowest BCUT2D eigenvalue weighted by atomic mass is 10.3. The van der Waals surface area contributed by atoms with Gasteiger partial charge >= 0.3 is 0 Å². The van der Waals surface area contributed by atoms with E-state index in [0.29, 0.717) is 18.6 Å². The van der Waals surface area contributed by atoms with Gasteiger partial charge in [-0.05, 0) is 12.0 Å². The summed E-state index contributed by atoms with van der Waals surface area (Å²) in [7, 11) is 0.930. The van der Waals surface area contributed by atoms with Gasteiger partial charge in [-0.25, -0.2) is 0 Å². The summed E-state index contributed by atoms with van der Waals surface area (Å²) in [5.41, 5.74) is 0. The van der Waals surface area contributed by atoms with Crippen molar-refractivity contribution in [3.63, 3.8) is 0 Å². The second-order valence-corrected chi connectivity index (χ2v) is 4.11. The summed E-state index contributed by atoms with van der Waals surface area (Å²) < 4.78 is 0. The molecule has 0 N–H and O–H groups in total. The number of hydrogen-bond acceptors (Lipinski definition) is 1. The summed E-state index contributed by atoms with van der Waals surface area (Å²) >= 11 is 0. The fourth-order valence-corrected chi connectivity index (χ4v) is 1.64. The molecule has 0 aromatic heterocycles. The first kappa shape index (κ1) is 11.1. The minimum absolute atomic E-state index is 0.343. The van der Waals surface area contributed by atoms with E-state index in [1.54, 1.807) is 0 Å². The van der Waals surface area contributed by atoms with Crippen molar-refractivity contribution in [3.05, 3.63) is 42.5 Å². The molecule has 0 radical (unpaired) electrons. The van der Waals surface area contributed by atoms with Crippen molar-refractivity contribution in [1.29, 1.82) is 0 Å². The molecule has 1 aliphatic carbocycles. The molecule has 1 unspecified atom stereocenters. The highest BCUT2D eigenvalue weighted by Gasteiger charge is 1.99. The van der Waals surface area contributed by atoms with Gasteiger partial charge in [0.2, 0.25) is 0 Å². The molecule has 1 aromatic carbocycles. The van der Waals surface area contributed by atoms with E-state index in [-0.39, 0.29) is 0 Å². The Morgan fingerprint density at radius 2 is 1.64 bits per heavy atom. The van der Waals surface area contributed by atoms with E-state index >= 15 is 0 Å². The molecule has 0 fully saturated rings. The monoisotopic (exact) mass is 206 g/mol. The van der Waals surface area contributed by atoms with Crippen LogP contribution in [0.1, 0.15) is 12.8 Å². The number of hydrogen-bond donors (Lipinski definition) is 0. The van der Waals surface area contributed by atoms with Crippen LogP contribution >= 0.6 is 8.58 Å². The lowest BCUT2D eigenvalue weighted by Crippen LogP contribution is -1.87. The Morgan fingerprint density at radius 1 is 1.07 bits per heavy atom. The maximum atomic E-state index is 10.2. The van der Waals surface area contributed by atoms with E-state index in [4.69, 9.17) is 0 Å². The van der Waals surface area contributed by atoms with Crippen molar-refractivity contribution < 1.29 is 4.79 Å². The van der Waals surface area contributed by atoms with Gasteiger partial charge in [-0.3, -0.25) is 4.79 Å². The van der Waals surface area contributed by atoms with Gasteiger partial charge in [0.05, 0.1) is 0 Å². The van der Waals surface area contributed by atoms with Crippen LogP contribution in [0.3, 0.4) is 0 Å². The second kappa shape index (κ2) is 6.50. The molecule has 2 rings (SSSR count). The third-order valence-electron chi connectivity index (χ3n) is 1.92. The normalized spacial score (nSPS) is 14.5. The van der Waals surface area contributed by atoms with Gasteiger partial charge in [0.1, 0.15) is 5.78 Å². The zero-order valence-corrected chi connectivity index (χ0v) is 9.36. The molecule has 0 spiro atoms. The number of ketones is 1. The molecule has 1 nitrogen and oxygen atoms in total. The quantitative estimate of drug-likeness (QED) is 0.509. The predicted molar refractivity (Wildman–Crippen MR) is 63.7 cm³/mol. The third-order valence-corrected chi connectivity index (χ3v) is 2.83. The molecule has 74 valence electrons. The molecule has 0 saturated carbocycles. The maximum absolute atomic E-state index is 10.2. The fraction of sp³-hybridized carbons (Fsp3) is 0.250. The first-order chi connectivity index (χ1) is 6.83. The average Bonchev–Trinajstić information content (AvgIpc) is 2.71. The van der Waals surface area contributed by atoms with E-state index in [9.17, 15) is 4.79 Å². The number of carbonyl (C=O) groups excluding carboxylic acids is 1. The zero-order chi connectivity index (χ0) is 10.2. The molecular formula is C12H15OP. The minimum Gasteiger partial charge on any atom is -0.299 e. The summed E-state index contributed by atoms with van der Waals surface area (Å²) in [6.07, 6.45) is 5.14. The highest BCUT2D eigenvalue weighted by molar-refractivity contribution is 7.46. The SMILES string of the molecule is CPc1ccccc1.O=C1CC=CC1. The lowest BCUT2D eigenvalue weighted by molar-refractivity contribution is -0.116. The van der Waals surface area contributed by atoms with Crippen LogP contribution in [0.15, 0.2) is 42.5 Å². The van der Waals surface area contributed by atoms with E-state index in [1.165, 1.54) is 5.30 Å². The fourth-order valence-electron chi connectivity index (χ4n) is 1.12. The van der Waals surface area contributed by atoms with Gasteiger partial charge < -0.3 is 0 Å². The molecular weight excluding hydrogens is 191 g/mol. The smallest absolute Gasteiger partial charge is 0.140 e. The van der Waals surface area contributed by atoms with Crippen LogP contribution in [-0.4, -0.2) is 12.4 Å². The first-order valence-corrected chi connectivity index (χ1v) is 6.22. The van der Waals surface area contributed by atoms with Crippen molar-refractivity contribution in [1.82, 2.24) is 0 Å². The number of Topliss-reactive ketones (excluding diaryl/α,β-unsaturated/α-hetero) is 1. The summed E-state index contributed by atoms with van der Waals surface area (Å²) in [6, 6.07) is 10.5. The average molecular weight is 206 g/mol. The molecule has 0 heterocycles. The summed E-state index contributed by atoms with van der Waals surface area (Å²) in [5, 5.41) is 1.44. The van der Waals surface area contributed by atoms with Gasteiger partial charge in [0.15, 0.2) is 0 Å². The Labute approximate surface area is 87.0 Å². The van der Waals surface area contributed by atoms with Crippen LogP contribution < -0.4 is 5.30 Å². The van der Waals surface area contributed by atoms with Crippen molar-refractivity contribution >= 4 is 19.7 Å². The summed E-state index contributed by atoms with van der Waals surface area (Å²) in [6.45, 7) is 2.19. The number of benzene rings is 1. The van der Waals surface area contributed by atoms with E-state index in [0.717, 1.165) is 8.58 Å². The number of carbonyl (C=O) groups is 1. The van der Waals surface area contributed by atoms with Crippen LogP contribution in [0, 0.1) is 0 Å². The standard InChI is InChI=1S/C7H9P.C5H6O/c1-8-7-5-3-2-4-6-7;6-5-3-1-2-4-5/h2-6,8H,1H3;1-2H,3-4H2. The highest BCUT2D eigenvalue weighted by atomic mass is 31.1. The van der Waals surface area contributed by atoms with Gasteiger partial charge in [-0.15, -0.1) is 0 Å². The summed E-state index contributed by atoms with van der Waals surface area (Å²) in [4.78, 5) is 10.2. The van der Waals surface area contributed by atoms with Gasteiger partial charge in [0.25, 0.3) is 0 Å². The Bertz CT molecular complexity index is 293. The van der Waals surface area contributed by atoms with Gasteiger partial charge in [-0.2, -0.15) is 0 Å². The first-order valence-electron chi connectivity index (χ1n) is 4.72. The van der Waals surface area contributed by atoms with E-state index in [2.05, 4.69) is 30.9 Å². The van der Waals surface area contributed by atoms with Crippen molar-refractivity contribution in [2.45, 2.75) is 12.8 Å². The Balaban J connectivity index is 0.000000146. The Hall–Kier alpha value is -0.940. The number of rotatable bonds is 1. The molecule has 14 heavy (non-hydrogen) atoms. The van der Waals surface area contributed by atoms with Crippen LogP contribution in [0.2, 0.25) is 0 Å². The van der Waals surface area contributed by atoms with Crippen LogP contribution in [-0.2, 0) is 4.79 Å². The molecule has 1 aromatic rings. The largest absolute Gasteiger partial charge is 0.299 e. The van der Waals surface area contributed by atoms with Gasteiger partial charge in [0, 0.05) is 12.8 Å². The van der Waals surface area contributed by atoms with Crippen molar-refractivity contribution in [3.8, 4) is 0 Å². The lowest BCUT2D eigenvalue weighted by Gasteiger charge is -1.89. The van der Waals surface area contributed by atoms with Gasteiger partial charge in [-0.1, -0.05) is 51.1 Å². The van der Waals surface area contributed by atoms with Crippen LogP contribution in [0.4, 0.5) is 0 Å². The Kier molecular flexibility index (Phi) is 5.17. The van der Waals surface area contributed by atoms with Crippen molar-refractivity contribution in [2.75, 3.05) is 6.66 Å². The molecule has 0 bridgehead atoms. The molecule has 0 amide bonds. The zero-order valence-electron chi connectivity index (χ0n) is 8.36. The van der Waals surface area contributed by atoms with E-state index in [1.807, 2.05) is 18.2 Å². The predicted octanol–water partition coefficient (Wildman–Crippen LogP) is 2.53. The summed E-state index contributed by atoms with van der Waals surface area (Å²) in [5.74, 6) is 0.343. The topological polar surface area (TPSA) is 17.1 Å². The van der Waals surface area contributed by atoms with Crippen LogP contribution in [0.5, 0.6) is 0 Å². The highest BCUT2D eigenvalue weighted by Crippen LogP contribution is 2.01. The third kappa shape index (κ3) is 4.34. The van der Waals surface area contributed by atoms with Crippen LogP contribution in [0.25, 0.3) is 0 Å². The maximum Gasteiger partial charge on any atom is 0.140 e. The molecule has 0 saturated heterocycles. The minimum atomic E-state index is 0.343. The Morgan fingerprint density at radius 3 is 1.93 bits per heavy atom. The van der Waals surface area contributed by atoms with E-state index < -0.39 is 0 Å².